The Balaban J connectivity index is 2.00. The Kier molecular flexibility index (Phi) is 3.72. The summed E-state index contributed by atoms with van der Waals surface area (Å²) in [7, 11) is 0. The van der Waals surface area contributed by atoms with E-state index in [0.29, 0.717) is 17.3 Å². The van der Waals surface area contributed by atoms with Crippen molar-refractivity contribution >= 4 is 17.5 Å². The van der Waals surface area contributed by atoms with Crippen molar-refractivity contribution in [2.45, 2.75) is 20.4 Å². The summed E-state index contributed by atoms with van der Waals surface area (Å²) in [4.78, 5) is 11.9. The van der Waals surface area contributed by atoms with Crippen molar-refractivity contribution in [3.8, 4) is 0 Å². The zero-order chi connectivity index (χ0) is 13.1. The molecular formula is C14H14ClNO2. The highest BCUT2D eigenvalue weighted by Gasteiger charge is 2.13. The molecule has 1 N–H and O–H groups in total. The van der Waals surface area contributed by atoms with Crippen LogP contribution in [0.5, 0.6) is 0 Å². The normalized spacial score (nSPS) is 10.4. The second kappa shape index (κ2) is 5.27. The van der Waals surface area contributed by atoms with E-state index in [9.17, 15) is 4.79 Å². The van der Waals surface area contributed by atoms with E-state index in [2.05, 4.69) is 5.32 Å². The SMILES string of the molecule is Cc1cc(C)c(C(=O)NCc2ccc(Cl)cc2)o1. The smallest absolute Gasteiger partial charge is 0.287 e. The van der Waals surface area contributed by atoms with Crippen LogP contribution in [0.4, 0.5) is 0 Å². The molecule has 0 aliphatic heterocycles. The summed E-state index contributed by atoms with van der Waals surface area (Å²) in [6.45, 7) is 4.13. The molecule has 94 valence electrons. The van der Waals surface area contributed by atoms with Gasteiger partial charge in [0.1, 0.15) is 5.76 Å². The third kappa shape index (κ3) is 2.93. The monoisotopic (exact) mass is 263 g/mol. The summed E-state index contributed by atoms with van der Waals surface area (Å²) in [5.74, 6) is 0.918. The van der Waals surface area contributed by atoms with Crippen LogP contribution in [0.1, 0.15) is 27.4 Å². The highest BCUT2D eigenvalue weighted by molar-refractivity contribution is 6.30. The predicted molar refractivity (Wildman–Crippen MR) is 70.8 cm³/mol. The summed E-state index contributed by atoms with van der Waals surface area (Å²) >= 11 is 5.79. The Morgan fingerprint density at radius 2 is 1.94 bits per heavy atom. The van der Waals surface area contributed by atoms with E-state index in [-0.39, 0.29) is 5.91 Å². The molecule has 4 heteroatoms. The van der Waals surface area contributed by atoms with E-state index < -0.39 is 0 Å². The number of aryl methyl sites for hydroxylation is 2. The average molecular weight is 264 g/mol. The molecule has 0 atom stereocenters. The van der Waals surface area contributed by atoms with Crippen LogP contribution in [-0.4, -0.2) is 5.91 Å². The molecule has 18 heavy (non-hydrogen) atoms. The molecule has 1 heterocycles. The Morgan fingerprint density at radius 3 is 2.50 bits per heavy atom. The Labute approximate surface area is 111 Å². The first-order valence-corrected chi connectivity index (χ1v) is 6.04. The molecule has 0 radical (unpaired) electrons. The second-order valence-corrected chi connectivity index (χ2v) is 4.61. The molecule has 1 aromatic heterocycles. The quantitative estimate of drug-likeness (QED) is 0.921. The first-order valence-electron chi connectivity index (χ1n) is 5.66. The predicted octanol–water partition coefficient (Wildman–Crippen LogP) is 3.48. The maximum absolute atomic E-state index is 11.9. The van der Waals surface area contributed by atoms with Gasteiger partial charge in [0.05, 0.1) is 0 Å². The molecule has 2 aromatic rings. The largest absolute Gasteiger partial charge is 0.456 e. The van der Waals surface area contributed by atoms with Gasteiger partial charge >= 0.3 is 0 Å². The lowest BCUT2D eigenvalue weighted by molar-refractivity contribution is 0.0921. The van der Waals surface area contributed by atoms with E-state index in [1.54, 1.807) is 12.1 Å². The number of rotatable bonds is 3. The van der Waals surface area contributed by atoms with Gasteiger partial charge in [0.2, 0.25) is 0 Å². The van der Waals surface area contributed by atoms with Crippen LogP contribution >= 0.6 is 11.6 Å². The van der Waals surface area contributed by atoms with E-state index in [4.69, 9.17) is 16.0 Å². The molecule has 0 fully saturated rings. The number of benzene rings is 1. The molecule has 0 aliphatic carbocycles. The Morgan fingerprint density at radius 1 is 1.28 bits per heavy atom. The number of nitrogens with one attached hydrogen (secondary N) is 1. The third-order valence-electron chi connectivity index (χ3n) is 2.61. The molecule has 1 aromatic carbocycles. The number of hydrogen-bond donors (Lipinski definition) is 1. The lowest BCUT2D eigenvalue weighted by atomic mass is 10.2. The molecular weight excluding hydrogens is 250 g/mol. The van der Waals surface area contributed by atoms with E-state index in [1.165, 1.54) is 0 Å². The number of hydrogen-bond acceptors (Lipinski definition) is 2. The van der Waals surface area contributed by atoms with Gasteiger partial charge in [-0.15, -0.1) is 0 Å². The first-order chi connectivity index (χ1) is 8.56. The van der Waals surface area contributed by atoms with Crippen molar-refractivity contribution in [1.29, 1.82) is 0 Å². The Bertz CT molecular complexity index is 558. The van der Waals surface area contributed by atoms with Gasteiger partial charge in [0.15, 0.2) is 5.76 Å². The molecule has 0 saturated heterocycles. The Hall–Kier alpha value is -1.74. The van der Waals surface area contributed by atoms with Crippen molar-refractivity contribution in [3.63, 3.8) is 0 Å². The van der Waals surface area contributed by atoms with Crippen LogP contribution in [0.15, 0.2) is 34.7 Å². The average Bonchev–Trinajstić information content (AvgIpc) is 2.67. The van der Waals surface area contributed by atoms with Crippen molar-refractivity contribution in [2.24, 2.45) is 0 Å². The molecule has 1 amide bonds. The molecule has 0 saturated carbocycles. The van der Waals surface area contributed by atoms with Crippen LogP contribution in [-0.2, 0) is 6.54 Å². The van der Waals surface area contributed by atoms with Gasteiger partial charge in [-0.2, -0.15) is 0 Å². The van der Waals surface area contributed by atoms with E-state index in [0.717, 1.165) is 16.9 Å². The van der Waals surface area contributed by atoms with Gasteiger partial charge in [0.25, 0.3) is 5.91 Å². The van der Waals surface area contributed by atoms with Gasteiger partial charge < -0.3 is 9.73 Å². The highest BCUT2D eigenvalue weighted by atomic mass is 35.5. The van der Waals surface area contributed by atoms with Crippen molar-refractivity contribution in [2.75, 3.05) is 0 Å². The second-order valence-electron chi connectivity index (χ2n) is 4.18. The molecule has 0 spiro atoms. The van der Waals surface area contributed by atoms with E-state index >= 15 is 0 Å². The van der Waals surface area contributed by atoms with Gasteiger partial charge in [0, 0.05) is 17.1 Å². The summed E-state index contributed by atoms with van der Waals surface area (Å²) < 4.78 is 5.35. The minimum atomic E-state index is -0.199. The molecule has 3 nitrogen and oxygen atoms in total. The summed E-state index contributed by atoms with van der Waals surface area (Å²) in [5, 5.41) is 3.50. The van der Waals surface area contributed by atoms with Crippen LogP contribution in [0.2, 0.25) is 5.02 Å². The molecule has 0 unspecified atom stereocenters. The van der Waals surface area contributed by atoms with Gasteiger partial charge in [-0.3, -0.25) is 4.79 Å². The molecule has 0 aliphatic rings. The zero-order valence-electron chi connectivity index (χ0n) is 10.3. The number of halogens is 1. The fraction of sp³-hybridized carbons (Fsp3) is 0.214. The van der Waals surface area contributed by atoms with Crippen LogP contribution in [0.3, 0.4) is 0 Å². The van der Waals surface area contributed by atoms with Crippen LogP contribution in [0.25, 0.3) is 0 Å². The maximum Gasteiger partial charge on any atom is 0.287 e. The number of carbonyl (C=O) groups excluding carboxylic acids is 1. The minimum absolute atomic E-state index is 0.199. The standard InChI is InChI=1S/C14H14ClNO2/c1-9-7-10(2)18-13(9)14(17)16-8-11-3-5-12(15)6-4-11/h3-7H,8H2,1-2H3,(H,16,17). The van der Waals surface area contributed by atoms with Crippen molar-refractivity contribution in [3.05, 3.63) is 58.0 Å². The van der Waals surface area contributed by atoms with Crippen LogP contribution in [0, 0.1) is 13.8 Å². The summed E-state index contributed by atoms with van der Waals surface area (Å²) in [6.07, 6.45) is 0. The third-order valence-corrected chi connectivity index (χ3v) is 2.87. The van der Waals surface area contributed by atoms with Gasteiger partial charge in [-0.25, -0.2) is 0 Å². The maximum atomic E-state index is 11.9. The lowest BCUT2D eigenvalue weighted by Crippen LogP contribution is -2.22. The first kappa shape index (κ1) is 12.7. The minimum Gasteiger partial charge on any atom is -0.456 e. The highest BCUT2D eigenvalue weighted by Crippen LogP contribution is 2.14. The van der Waals surface area contributed by atoms with Crippen molar-refractivity contribution < 1.29 is 9.21 Å². The number of carbonyl (C=O) groups is 1. The zero-order valence-corrected chi connectivity index (χ0v) is 11.0. The van der Waals surface area contributed by atoms with Gasteiger partial charge in [-0.1, -0.05) is 23.7 Å². The number of furan rings is 1. The van der Waals surface area contributed by atoms with Gasteiger partial charge in [-0.05, 0) is 37.6 Å². The van der Waals surface area contributed by atoms with Crippen molar-refractivity contribution in [1.82, 2.24) is 5.32 Å². The summed E-state index contributed by atoms with van der Waals surface area (Å²) in [6, 6.07) is 9.19. The fourth-order valence-corrected chi connectivity index (χ4v) is 1.86. The molecule has 0 bridgehead atoms. The van der Waals surface area contributed by atoms with Crippen LogP contribution < -0.4 is 5.32 Å². The topological polar surface area (TPSA) is 42.2 Å². The number of amides is 1. The summed E-state index contributed by atoms with van der Waals surface area (Å²) in [5.41, 5.74) is 1.84. The van der Waals surface area contributed by atoms with E-state index in [1.807, 2.05) is 32.0 Å². The fourth-order valence-electron chi connectivity index (χ4n) is 1.73. The lowest BCUT2D eigenvalue weighted by Gasteiger charge is -2.04. The molecule has 2 rings (SSSR count).